The molecule has 2 heteroatoms. The van der Waals surface area contributed by atoms with Gasteiger partial charge in [0, 0.05) is 19.1 Å². The Morgan fingerprint density at radius 3 is 2.05 bits per heavy atom. The lowest BCUT2D eigenvalue weighted by atomic mass is 9.60. The molecule has 0 amide bonds. The molecule has 0 spiro atoms. The van der Waals surface area contributed by atoms with Crippen LogP contribution in [0.3, 0.4) is 0 Å². The predicted octanol–water partition coefficient (Wildman–Crippen LogP) is 2.96. The molecule has 3 atom stereocenters. The number of likely N-dealkylation sites (tertiary alicyclic amines) is 1. The van der Waals surface area contributed by atoms with Gasteiger partial charge >= 0.3 is 0 Å². The zero-order chi connectivity index (χ0) is 14.2. The van der Waals surface area contributed by atoms with E-state index in [9.17, 15) is 5.11 Å². The van der Waals surface area contributed by atoms with Crippen LogP contribution in [0.25, 0.3) is 0 Å². The molecule has 4 aliphatic rings. The van der Waals surface area contributed by atoms with Crippen molar-refractivity contribution >= 4 is 0 Å². The summed E-state index contributed by atoms with van der Waals surface area (Å²) in [6, 6.07) is 11.0. The molecule has 114 valence electrons. The molecule has 4 fully saturated rings. The number of aliphatic hydroxyl groups is 1. The Kier molecular flexibility index (Phi) is 3.76. The van der Waals surface area contributed by atoms with Gasteiger partial charge in [-0.15, -0.1) is 0 Å². The van der Waals surface area contributed by atoms with Gasteiger partial charge in [0.05, 0.1) is 6.61 Å². The molecule has 1 saturated heterocycles. The fourth-order valence-electron chi connectivity index (χ4n) is 5.38. The summed E-state index contributed by atoms with van der Waals surface area (Å²) in [7, 11) is 0. The first-order valence-electron chi connectivity index (χ1n) is 8.74. The van der Waals surface area contributed by atoms with Crippen LogP contribution in [0.5, 0.6) is 0 Å². The van der Waals surface area contributed by atoms with Crippen LogP contribution >= 0.6 is 0 Å². The van der Waals surface area contributed by atoms with E-state index in [1.54, 1.807) is 0 Å². The summed E-state index contributed by atoms with van der Waals surface area (Å²) in [4.78, 5) is 2.61. The molecule has 1 N–H and O–H groups in total. The maximum atomic E-state index is 9.89. The van der Waals surface area contributed by atoms with E-state index in [0.29, 0.717) is 12.6 Å². The van der Waals surface area contributed by atoms with Crippen molar-refractivity contribution in [1.29, 1.82) is 0 Å². The zero-order valence-corrected chi connectivity index (χ0v) is 12.8. The lowest BCUT2D eigenvalue weighted by Gasteiger charge is -2.45. The first-order valence-corrected chi connectivity index (χ1v) is 8.74. The van der Waals surface area contributed by atoms with E-state index >= 15 is 0 Å². The third kappa shape index (κ3) is 2.53. The van der Waals surface area contributed by atoms with Gasteiger partial charge in [0.25, 0.3) is 0 Å². The van der Waals surface area contributed by atoms with Gasteiger partial charge in [-0.2, -0.15) is 0 Å². The highest BCUT2D eigenvalue weighted by Gasteiger charge is 2.48. The van der Waals surface area contributed by atoms with Gasteiger partial charge in [-0.05, 0) is 61.3 Å². The third-order valence-electron chi connectivity index (χ3n) is 6.51. The highest BCUT2D eigenvalue weighted by molar-refractivity contribution is 5.16. The second kappa shape index (κ2) is 5.73. The van der Waals surface area contributed by atoms with Gasteiger partial charge in [-0.1, -0.05) is 30.3 Å². The number of aliphatic hydroxyl groups excluding tert-OH is 1. The third-order valence-corrected chi connectivity index (χ3v) is 6.51. The average Bonchev–Trinajstić information content (AvgIpc) is 3.02. The standard InChI is InChI=1S/C19H27NO/c21-13-17(10-14-4-2-1-3-5-14)20-11-18-15-6-7-16(9-8-15)19(18)12-20/h1-5,15-19,21H,6-13H2/t15?,16?,17-,18?,19?/m0/s1. The minimum atomic E-state index is 0.295. The highest BCUT2D eigenvalue weighted by atomic mass is 16.3. The fourth-order valence-corrected chi connectivity index (χ4v) is 5.38. The minimum Gasteiger partial charge on any atom is -0.395 e. The summed E-state index contributed by atoms with van der Waals surface area (Å²) in [5, 5.41) is 9.89. The summed E-state index contributed by atoms with van der Waals surface area (Å²) >= 11 is 0. The van der Waals surface area contributed by atoms with Crippen molar-refractivity contribution in [3.05, 3.63) is 35.9 Å². The first-order chi connectivity index (χ1) is 10.3. The van der Waals surface area contributed by atoms with E-state index in [2.05, 4.69) is 35.2 Å². The molecular formula is C19H27NO. The zero-order valence-electron chi connectivity index (χ0n) is 12.8. The van der Waals surface area contributed by atoms with Gasteiger partial charge in [0.15, 0.2) is 0 Å². The number of nitrogens with zero attached hydrogens (tertiary/aromatic N) is 1. The molecule has 1 aromatic carbocycles. The van der Waals surface area contributed by atoms with Crippen molar-refractivity contribution < 1.29 is 5.11 Å². The second-order valence-electron chi connectivity index (χ2n) is 7.48. The summed E-state index contributed by atoms with van der Waals surface area (Å²) in [6.07, 6.45) is 6.89. The van der Waals surface area contributed by atoms with E-state index < -0.39 is 0 Å². The van der Waals surface area contributed by atoms with Crippen molar-refractivity contribution in [1.82, 2.24) is 4.90 Å². The molecule has 3 aliphatic carbocycles. The van der Waals surface area contributed by atoms with Crippen LogP contribution in [0.15, 0.2) is 30.3 Å². The van der Waals surface area contributed by atoms with E-state index in [0.717, 1.165) is 30.1 Å². The van der Waals surface area contributed by atoms with Crippen LogP contribution in [0.1, 0.15) is 31.2 Å². The lowest BCUT2D eigenvalue weighted by Crippen LogP contribution is -2.38. The highest BCUT2D eigenvalue weighted by Crippen LogP contribution is 2.52. The van der Waals surface area contributed by atoms with Gasteiger partial charge in [0.2, 0.25) is 0 Å². The van der Waals surface area contributed by atoms with Gasteiger partial charge in [-0.3, -0.25) is 4.90 Å². The summed E-state index contributed by atoms with van der Waals surface area (Å²) < 4.78 is 0. The molecule has 1 aliphatic heterocycles. The Morgan fingerprint density at radius 1 is 0.952 bits per heavy atom. The number of hydrogen-bond donors (Lipinski definition) is 1. The van der Waals surface area contributed by atoms with Crippen LogP contribution < -0.4 is 0 Å². The van der Waals surface area contributed by atoms with Crippen molar-refractivity contribution in [2.45, 2.75) is 38.1 Å². The predicted molar refractivity (Wildman–Crippen MR) is 85.0 cm³/mol. The number of hydrogen-bond acceptors (Lipinski definition) is 2. The van der Waals surface area contributed by atoms with Crippen LogP contribution in [-0.4, -0.2) is 35.7 Å². The molecule has 21 heavy (non-hydrogen) atoms. The quantitative estimate of drug-likeness (QED) is 0.919. The molecule has 2 unspecified atom stereocenters. The SMILES string of the molecule is OC[C@H](Cc1ccccc1)N1CC2C3CCC(CC3)C2C1. The van der Waals surface area contributed by atoms with Crippen LogP contribution in [-0.2, 0) is 6.42 Å². The van der Waals surface area contributed by atoms with Gasteiger partial charge in [-0.25, -0.2) is 0 Å². The second-order valence-corrected chi connectivity index (χ2v) is 7.48. The van der Waals surface area contributed by atoms with Crippen molar-refractivity contribution in [3.8, 4) is 0 Å². The van der Waals surface area contributed by atoms with E-state index in [4.69, 9.17) is 0 Å². The summed E-state index contributed by atoms with van der Waals surface area (Å²) in [6.45, 7) is 2.78. The largest absolute Gasteiger partial charge is 0.395 e. The summed E-state index contributed by atoms with van der Waals surface area (Å²) in [5.74, 6) is 3.84. The van der Waals surface area contributed by atoms with Crippen molar-refractivity contribution in [3.63, 3.8) is 0 Å². The molecule has 0 radical (unpaired) electrons. The van der Waals surface area contributed by atoms with E-state index in [1.165, 1.54) is 44.3 Å². The number of benzene rings is 1. The Labute approximate surface area is 128 Å². The molecule has 2 nitrogen and oxygen atoms in total. The molecule has 5 rings (SSSR count). The minimum absolute atomic E-state index is 0.295. The van der Waals surface area contributed by atoms with Crippen LogP contribution in [0, 0.1) is 23.7 Å². The molecule has 3 saturated carbocycles. The normalized spacial score (nSPS) is 36.6. The topological polar surface area (TPSA) is 23.5 Å². The fraction of sp³-hybridized carbons (Fsp3) is 0.684. The Hall–Kier alpha value is -0.860. The first kappa shape index (κ1) is 13.8. The average molecular weight is 285 g/mol. The van der Waals surface area contributed by atoms with Gasteiger partial charge in [0.1, 0.15) is 0 Å². The molecule has 1 aromatic rings. The maximum Gasteiger partial charge on any atom is 0.0590 e. The number of fused-ring (bicyclic) bond motifs is 2. The molecule has 2 bridgehead atoms. The van der Waals surface area contributed by atoms with Crippen LogP contribution in [0.2, 0.25) is 0 Å². The molecule has 1 heterocycles. The molecular weight excluding hydrogens is 258 g/mol. The molecule has 0 aromatic heterocycles. The van der Waals surface area contributed by atoms with Gasteiger partial charge < -0.3 is 5.11 Å². The van der Waals surface area contributed by atoms with E-state index in [-0.39, 0.29) is 0 Å². The Bertz CT molecular complexity index is 446. The lowest BCUT2D eigenvalue weighted by molar-refractivity contribution is 0.0577. The maximum absolute atomic E-state index is 9.89. The smallest absolute Gasteiger partial charge is 0.0590 e. The summed E-state index contributed by atoms with van der Waals surface area (Å²) in [5.41, 5.74) is 1.36. The Morgan fingerprint density at radius 2 is 1.52 bits per heavy atom. The number of rotatable bonds is 4. The van der Waals surface area contributed by atoms with Crippen LogP contribution in [0.4, 0.5) is 0 Å². The Balaban J connectivity index is 1.46. The van der Waals surface area contributed by atoms with Crippen molar-refractivity contribution in [2.24, 2.45) is 23.7 Å². The van der Waals surface area contributed by atoms with E-state index in [1.807, 2.05) is 0 Å². The monoisotopic (exact) mass is 285 g/mol. The van der Waals surface area contributed by atoms with Crippen molar-refractivity contribution in [2.75, 3.05) is 19.7 Å².